The van der Waals surface area contributed by atoms with E-state index in [1.165, 1.54) is 25.7 Å². The molecule has 2 saturated carbocycles. The fraction of sp³-hybridized carbons (Fsp3) is 0.917. The second-order valence-electron chi connectivity index (χ2n) is 4.93. The maximum absolute atomic E-state index is 11.4. The molecule has 0 bridgehead atoms. The van der Waals surface area contributed by atoms with E-state index in [9.17, 15) is 4.79 Å². The Hall–Kier alpha value is -0.570. The van der Waals surface area contributed by atoms with Gasteiger partial charge >= 0.3 is 0 Å². The second kappa shape index (κ2) is 4.97. The van der Waals surface area contributed by atoms with Gasteiger partial charge in [0.1, 0.15) is 0 Å². The van der Waals surface area contributed by atoms with Crippen molar-refractivity contribution in [3.63, 3.8) is 0 Å². The molecule has 2 aliphatic carbocycles. The average molecular weight is 210 g/mol. The number of amides is 1. The van der Waals surface area contributed by atoms with Gasteiger partial charge in [-0.25, -0.2) is 0 Å². The van der Waals surface area contributed by atoms with Crippen molar-refractivity contribution in [2.45, 2.75) is 45.1 Å². The fourth-order valence-corrected chi connectivity index (χ4v) is 2.17. The molecule has 2 fully saturated rings. The molecule has 0 aromatic carbocycles. The normalized spacial score (nSPS) is 20.7. The Bertz CT molecular complexity index is 210. The van der Waals surface area contributed by atoms with E-state index in [4.69, 9.17) is 0 Å². The monoisotopic (exact) mass is 210 g/mol. The summed E-state index contributed by atoms with van der Waals surface area (Å²) in [6, 6.07) is 0.636. The molecule has 0 spiro atoms. The quantitative estimate of drug-likeness (QED) is 0.665. The molecular formula is C12H22N2O. The Morgan fingerprint density at radius 3 is 2.33 bits per heavy atom. The third-order valence-corrected chi connectivity index (χ3v) is 3.33. The molecule has 0 aromatic heterocycles. The minimum absolute atomic E-state index is 0.156. The Morgan fingerprint density at radius 1 is 1.27 bits per heavy atom. The van der Waals surface area contributed by atoms with Gasteiger partial charge in [-0.1, -0.05) is 6.92 Å². The van der Waals surface area contributed by atoms with Gasteiger partial charge in [0.2, 0.25) is 5.91 Å². The van der Waals surface area contributed by atoms with Gasteiger partial charge in [-0.15, -0.1) is 0 Å². The smallest absolute Gasteiger partial charge is 0.233 e. The molecule has 2 N–H and O–H groups in total. The van der Waals surface area contributed by atoms with Gasteiger partial charge in [-0.05, 0) is 43.9 Å². The number of hydrogen-bond acceptors (Lipinski definition) is 2. The third kappa shape index (κ3) is 3.49. The molecule has 0 aromatic rings. The van der Waals surface area contributed by atoms with Gasteiger partial charge in [0.15, 0.2) is 0 Å². The molecule has 15 heavy (non-hydrogen) atoms. The first-order valence-electron chi connectivity index (χ1n) is 6.31. The van der Waals surface area contributed by atoms with E-state index in [0.717, 1.165) is 24.8 Å². The summed E-state index contributed by atoms with van der Waals surface area (Å²) in [4.78, 5) is 11.4. The molecule has 3 heteroatoms. The Morgan fingerprint density at radius 2 is 1.87 bits per heavy atom. The van der Waals surface area contributed by atoms with Crippen LogP contribution in [0.4, 0.5) is 0 Å². The minimum atomic E-state index is 0.156. The van der Waals surface area contributed by atoms with Crippen molar-refractivity contribution >= 4 is 5.91 Å². The number of rotatable bonds is 7. The van der Waals surface area contributed by atoms with Gasteiger partial charge in [0.05, 0.1) is 6.54 Å². The van der Waals surface area contributed by atoms with Crippen molar-refractivity contribution in [2.75, 3.05) is 13.1 Å². The molecule has 0 atom stereocenters. The molecule has 2 rings (SSSR count). The van der Waals surface area contributed by atoms with E-state index < -0.39 is 0 Å². The summed E-state index contributed by atoms with van der Waals surface area (Å²) < 4.78 is 0. The van der Waals surface area contributed by atoms with E-state index in [2.05, 4.69) is 17.6 Å². The molecule has 2 aliphatic rings. The molecule has 1 amide bonds. The highest BCUT2D eigenvalue weighted by Crippen LogP contribution is 2.44. The van der Waals surface area contributed by atoms with Crippen LogP contribution >= 0.6 is 0 Å². The van der Waals surface area contributed by atoms with Crippen LogP contribution < -0.4 is 10.6 Å². The lowest BCUT2D eigenvalue weighted by Gasteiger charge is -2.17. The zero-order chi connectivity index (χ0) is 10.7. The van der Waals surface area contributed by atoms with Gasteiger partial charge in [-0.3, -0.25) is 4.79 Å². The highest BCUT2D eigenvalue weighted by atomic mass is 16.1. The summed E-state index contributed by atoms with van der Waals surface area (Å²) in [5, 5.41) is 6.35. The largest absolute Gasteiger partial charge is 0.355 e. The molecule has 3 nitrogen and oxygen atoms in total. The molecule has 0 saturated heterocycles. The lowest BCUT2D eigenvalue weighted by molar-refractivity contribution is -0.120. The Balaban J connectivity index is 1.64. The maximum Gasteiger partial charge on any atom is 0.233 e. The Kier molecular flexibility index (Phi) is 3.62. The summed E-state index contributed by atoms with van der Waals surface area (Å²) >= 11 is 0. The van der Waals surface area contributed by atoms with Crippen LogP contribution in [0.1, 0.15) is 39.0 Å². The van der Waals surface area contributed by atoms with E-state index in [-0.39, 0.29) is 5.91 Å². The molecule has 0 radical (unpaired) electrons. The zero-order valence-electron chi connectivity index (χ0n) is 9.59. The number of nitrogens with one attached hydrogen (secondary N) is 2. The van der Waals surface area contributed by atoms with Gasteiger partial charge in [0, 0.05) is 12.6 Å². The maximum atomic E-state index is 11.4. The van der Waals surface area contributed by atoms with E-state index in [0.29, 0.717) is 12.6 Å². The molecule has 86 valence electrons. The van der Waals surface area contributed by atoms with Gasteiger partial charge < -0.3 is 10.6 Å². The second-order valence-corrected chi connectivity index (χ2v) is 4.93. The van der Waals surface area contributed by atoms with Crippen molar-refractivity contribution in [1.29, 1.82) is 0 Å². The summed E-state index contributed by atoms with van der Waals surface area (Å²) in [7, 11) is 0. The van der Waals surface area contributed by atoms with Crippen LogP contribution in [-0.2, 0) is 4.79 Å². The zero-order valence-corrected chi connectivity index (χ0v) is 9.59. The van der Waals surface area contributed by atoms with Crippen LogP contribution in [-0.4, -0.2) is 25.0 Å². The van der Waals surface area contributed by atoms with Crippen molar-refractivity contribution in [1.82, 2.24) is 10.6 Å². The Labute approximate surface area is 92.0 Å². The predicted molar refractivity (Wildman–Crippen MR) is 60.5 cm³/mol. The van der Waals surface area contributed by atoms with Crippen LogP contribution in [0.5, 0.6) is 0 Å². The van der Waals surface area contributed by atoms with Crippen LogP contribution in [0.25, 0.3) is 0 Å². The summed E-state index contributed by atoms with van der Waals surface area (Å²) in [6.07, 6.45) is 6.48. The number of carbonyl (C=O) groups is 1. The molecule has 0 unspecified atom stereocenters. The first-order chi connectivity index (χ1) is 7.31. The SMILES string of the molecule is CCCNC(=O)CNC(C1CC1)C1CC1. The lowest BCUT2D eigenvalue weighted by Crippen LogP contribution is -2.41. The first-order valence-corrected chi connectivity index (χ1v) is 6.31. The van der Waals surface area contributed by atoms with Crippen LogP contribution in [0.15, 0.2) is 0 Å². The standard InChI is InChI=1S/C12H22N2O/c1-2-7-13-11(15)8-14-12(9-3-4-9)10-5-6-10/h9-10,12,14H,2-8H2,1H3,(H,13,15). The highest BCUT2D eigenvalue weighted by Gasteiger charge is 2.41. The molecular weight excluding hydrogens is 188 g/mol. The predicted octanol–water partition coefficient (Wildman–Crippen LogP) is 1.29. The topological polar surface area (TPSA) is 41.1 Å². The van der Waals surface area contributed by atoms with Crippen molar-refractivity contribution in [2.24, 2.45) is 11.8 Å². The van der Waals surface area contributed by atoms with Crippen molar-refractivity contribution < 1.29 is 4.79 Å². The van der Waals surface area contributed by atoms with Gasteiger partial charge in [-0.2, -0.15) is 0 Å². The fourth-order valence-electron chi connectivity index (χ4n) is 2.17. The van der Waals surface area contributed by atoms with E-state index in [1.807, 2.05) is 0 Å². The van der Waals surface area contributed by atoms with Crippen molar-refractivity contribution in [3.05, 3.63) is 0 Å². The highest BCUT2D eigenvalue weighted by molar-refractivity contribution is 5.77. The average Bonchev–Trinajstić information content (AvgIpc) is 3.05. The van der Waals surface area contributed by atoms with Crippen molar-refractivity contribution in [3.8, 4) is 0 Å². The lowest BCUT2D eigenvalue weighted by atomic mass is 10.1. The van der Waals surface area contributed by atoms with E-state index >= 15 is 0 Å². The molecule has 0 aliphatic heterocycles. The number of hydrogen-bond donors (Lipinski definition) is 2. The summed E-state index contributed by atoms with van der Waals surface area (Å²) in [5.41, 5.74) is 0. The van der Waals surface area contributed by atoms with Gasteiger partial charge in [0.25, 0.3) is 0 Å². The third-order valence-electron chi connectivity index (χ3n) is 3.33. The van der Waals surface area contributed by atoms with Crippen LogP contribution in [0.3, 0.4) is 0 Å². The number of carbonyl (C=O) groups excluding carboxylic acids is 1. The summed E-state index contributed by atoms with van der Waals surface area (Å²) in [5.74, 6) is 1.90. The van der Waals surface area contributed by atoms with Crippen LogP contribution in [0.2, 0.25) is 0 Å². The first kappa shape index (κ1) is 10.9. The minimum Gasteiger partial charge on any atom is -0.355 e. The van der Waals surface area contributed by atoms with Crippen LogP contribution in [0, 0.1) is 11.8 Å². The molecule has 0 heterocycles. The summed E-state index contributed by atoms with van der Waals surface area (Å²) in [6.45, 7) is 3.39. The van der Waals surface area contributed by atoms with E-state index in [1.54, 1.807) is 0 Å².